The van der Waals surface area contributed by atoms with E-state index in [1.807, 2.05) is 65.6 Å². The molecule has 2 aliphatic rings. The van der Waals surface area contributed by atoms with E-state index in [2.05, 4.69) is 10.4 Å². The summed E-state index contributed by atoms with van der Waals surface area (Å²) in [6.07, 6.45) is 1.13. The molecular weight excluding hydrogens is 380 g/mol. The summed E-state index contributed by atoms with van der Waals surface area (Å²) in [4.78, 5) is 27.5. The van der Waals surface area contributed by atoms with E-state index in [1.165, 1.54) is 0 Å². The second-order valence-corrected chi connectivity index (χ2v) is 7.45. The van der Waals surface area contributed by atoms with Gasteiger partial charge in [-0.15, -0.1) is 0 Å². The van der Waals surface area contributed by atoms with Crippen molar-refractivity contribution in [2.24, 2.45) is 5.10 Å². The SMILES string of the molecule is CCOC(=O)C1=NN(c2ccccc2)C(C(=O)N2CCC(Nc3ccccc3)C2)C1. The molecule has 2 atom stereocenters. The smallest absolute Gasteiger partial charge is 0.354 e. The third-order valence-electron chi connectivity index (χ3n) is 5.37. The Bertz CT molecular complexity index is 917. The third-order valence-corrected chi connectivity index (χ3v) is 5.37. The first-order valence-corrected chi connectivity index (χ1v) is 10.3. The number of hydrogen-bond acceptors (Lipinski definition) is 6. The fourth-order valence-corrected chi connectivity index (χ4v) is 3.92. The van der Waals surface area contributed by atoms with Crippen molar-refractivity contribution in [3.05, 3.63) is 60.7 Å². The van der Waals surface area contributed by atoms with Crippen LogP contribution in [0.4, 0.5) is 11.4 Å². The molecule has 2 unspecified atom stereocenters. The second kappa shape index (κ2) is 8.98. The number of hydrogen-bond donors (Lipinski definition) is 1. The molecule has 0 aliphatic carbocycles. The Kier molecular flexibility index (Phi) is 5.97. The van der Waals surface area contributed by atoms with Crippen molar-refractivity contribution >= 4 is 29.0 Å². The van der Waals surface area contributed by atoms with Gasteiger partial charge in [-0.3, -0.25) is 9.80 Å². The number of nitrogens with zero attached hydrogens (tertiary/aromatic N) is 3. The Morgan fingerprint density at radius 2 is 1.80 bits per heavy atom. The maximum Gasteiger partial charge on any atom is 0.354 e. The number of rotatable bonds is 6. The zero-order valence-corrected chi connectivity index (χ0v) is 17.0. The van der Waals surface area contributed by atoms with E-state index in [1.54, 1.807) is 11.9 Å². The van der Waals surface area contributed by atoms with Crippen molar-refractivity contribution in [1.29, 1.82) is 0 Å². The number of para-hydroxylation sites is 2. The molecule has 7 heteroatoms. The van der Waals surface area contributed by atoms with Gasteiger partial charge in [0.15, 0.2) is 0 Å². The lowest BCUT2D eigenvalue weighted by Gasteiger charge is -2.27. The van der Waals surface area contributed by atoms with Gasteiger partial charge in [0.05, 0.1) is 12.3 Å². The monoisotopic (exact) mass is 406 g/mol. The Hall–Kier alpha value is -3.35. The highest BCUT2D eigenvalue weighted by molar-refractivity contribution is 6.38. The number of anilines is 2. The normalized spacial score (nSPS) is 20.8. The van der Waals surface area contributed by atoms with Crippen molar-refractivity contribution in [3.8, 4) is 0 Å². The average Bonchev–Trinajstić information content (AvgIpc) is 3.42. The molecule has 1 amide bonds. The number of ether oxygens (including phenoxy) is 1. The second-order valence-electron chi connectivity index (χ2n) is 7.45. The number of esters is 1. The summed E-state index contributed by atoms with van der Waals surface area (Å²) in [5, 5.41) is 9.60. The summed E-state index contributed by atoms with van der Waals surface area (Å²) in [6, 6.07) is 19.2. The fraction of sp³-hybridized carbons (Fsp3) is 0.348. The molecule has 0 saturated carbocycles. The molecule has 2 aromatic carbocycles. The zero-order chi connectivity index (χ0) is 20.9. The number of amides is 1. The van der Waals surface area contributed by atoms with E-state index in [4.69, 9.17) is 4.74 Å². The molecule has 30 heavy (non-hydrogen) atoms. The molecule has 0 bridgehead atoms. The number of hydrazone groups is 1. The average molecular weight is 406 g/mol. The van der Waals surface area contributed by atoms with Gasteiger partial charge in [-0.1, -0.05) is 36.4 Å². The van der Waals surface area contributed by atoms with Crippen LogP contribution in [0.15, 0.2) is 65.8 Å². The molecule has 2 aromatic rings. The maximum absolute atomic E-state index is 13.4. The summed E-state index contributed by atoms with van der Waals surface area (Å²) in [6.45, 7) is 3.34. The molecule has 0 radical (unpaired) electrons. The van der Waals surface area contributed by atoms with E-state index in [0.29, 0.717) is 13.1 Å². The highest BCUT2D eigenvalue weighted by atomic mass is 16.5. The van der Waals surface area contributed by atoms with Crippen LogP contribution in [0, 0.1) is 0 Å². The first kappa shape index (κ1) is 19.9. The van der Waals surface area contributed by atoms with Gasteiger partial charge in [-0.05, 0) is 37.6 Å². The fourth-order valence-electron chi connectivity index (χ4n) is 3.92. The molecule has 0 spiro atoms. The minimum absolute atomic E-state index is 0.0146. The molecule has 1 saturated heterocycles. The largest absolute Gasteiger partial charge is 0.461 e. The van der Waals surface area contributed by atoms with Crippen molar-refractivity contribution in [2.45, 2.75) is 31.8 Å². The summed E-state index contributed by atoms with van der Waals surface area (Å²) in [7, 11) is 0. The molecule has 156 valence electrons. The summed E-state index contributed by atoms with van der Waals surface area (Å²) in [5.74, 6) is -0.474. The van der Waals surface area contributed by atoms with Crippen molar-refractivity contribution in [1.82, 2.24) is 4.90 Å². The summed E-state index contributed by atoms with van der Waals surface area (Å²) >= 11 is 0. The molecular formula is C23H26N4O3. The number of carbonyl (C=O) groups is 2. The molecule has 4 rings (SSSR count). The van der Waals surface area contributed by atoms with Crippen LogP contribution in [-0.2, 0) is 14.3 Å². The third kappa shape index (κ3) is 4.30. The van der Waals surface area contributed by atoms with Crippen LogP contribution < -0.4 is 10.3 Å². The highest BCUT2D eigenvalue weighted by Gasteiger charge is 2.40. The molecule has 2 aliphatic heterocycles. The van der Waals surface area contributed by atoms with Crippen LogP contribution in [0.25, 0.3) is 0 Å². The lowest BCUT2D eigenvalue weighted by atomic mass is 10.1. The van der Waals surface area contributed by atoms with E-state index in [-0.39, 0.29) is 30.7 Å². The highest BCUT2D eigenvalue weighted by Crippen LogP contribution is 2.27. The number of benzene rings is 2. The van der Waals surface area contributed by atoms with Crippen molar-refractivity contribution in [2.75, 3.05) is 30.0 Å². The predicted molar refractivity (Wildman–Crippen MR) is 116 cm³/mol. The number of nitrogens with one attached hydrogen (secondary N) is 1. The van der Waals surface area contributed by atoms with Crippen molar-refractivity contribution in [3.63, 3.8) is 0 Å². The van der Waals surface area contributed by atoms with Gasteiger partial charge in [-0.25, -0.2) is 4.79 Å². The molecule has 2 heterocycles. The first-order chi connectivity index (χ1) is 14.7. The number of likely N-dealkylation sites (tertiary alicyclic amines) is 1. The van der Waals surface area contributed by atoms with Crippen LogP contribution in [0.2, 0.25) is 0 Å². The van der Waals surface area contributed by atoms with E-state index >= 15 is 0 Å². The molecule has 1 fully saturated rings. The molecule has 0 aromatic heterocycles. The van der Waals surface area contributed by atoms with Crippen LogP contribution in [-0.4, -0.2) is 54.3 Å². The first-order valence-electron chi connectivity index (χ1n) is 10.3. The Morgan fingerprint density at radius 3 is 2.50 bits per heavy atom. The Balaban J connectivity index is 1.47. The van der Waals surface area contributed by atoms with Crippen LogP contribution >= 0.6 is 0 Å². The van der Waals surface area contributed by atoms with Gasteiger partial charge in [0.1, 0.15) is 11.8 Å². The van der Waals surface area contributed by atoms with Gasteiger partial charge in [0.25, 0.3) is 0 Å². The summed E-state index contributed by atoms with van der Waals surface area (Å²) in [5.41, 5.74) is 2.13. The predicted octanol–water partition coefficient (Wildman–Crippen LogP) is 2.90. The molecule has 7 nitrogen and oxygen atoms in total. The number of carbonyl (C=O) groups excluding carboxylic acids is 2. The minimum Gasteiger partial charge on any atom is -0.461 e. The topological polar surface area (TPSA) is 74.2 Å². The van der Waals surface area contributed by atoms with Crippen molar-refractivity contribution < 1.29 is 14.3 Å². The molecule has 1 N–H and O–H groups in total. The van der Waals surface area contributed by atoms with Gasteiger partial charge in [0, 0.05) is 31.2 Å². The van der Waals surface area contributed by atoms with E-state index < -0.39 is 12.0 Å². The summed E-state index contributed by atoms with van der Waals surface area (Å²) < 4.78 is 5.12. The lowest BCUT2D eigenvalue weighted by molar-refractivity contribution is -0.135. The minimum atomic E-state index is -0.540. The maximum atomic E-state index is 13.4. The van der Waals surface area contributed by atoms with Crippen LogP contribution in [0.5, 0.6) is 0 Å². The lowest BCUT2D eigenvalue weighted by Crippen LogP contribution is -2.45. The van der Waals surface area contributed by atoms with Gasteiger partial charge in [-0.2, -0.15) is 5.10 Å². The van der Waals surface area contributed by atoms with E-state index in [0.717, 1.165) is 17.8 Å². The van der Waals surface area contributed by atoms with Gasteiger partial charge < -0.3 is 15.0 Å². The Morgan fingerprint density at radius 1 is 1.10 bits per heavy atom. The standard InChI is InChI=1S/C23H26N4O3/c1-2-30-23(29)20-15-21(27(25-20)19-11-7-4-8-12-19)22(28)26-14-13-18(16-26)24-17-9-5-3-6-10-17/h3-12,18,21,24H,2,13-16H2,1H3. The zero-order valence-electron chi connectivity index (χ0n) is 17.0. The van der Waals surface area contributed by atoms with Gasteiger partial charge >= 0.3 is 5.97 Å². The Labute approximate surface area is 176 Å². The van der Waals surface area contributed by atoms with Gasteiger partial charge in [0.2, 0.25) is 5.91 Å². The van der Waals surface area contributed by atoms with Crippen LogP contribution in [0.3, 0.4) is 0 Å². The van der Waals surface area contributed by atoms with E-state index in [9.17, 15) is 9.59 Å². The van der Waals surface area contributed by atoms with Crippen LogP contribution in [0.1, 0.15) is 19.8 Å². The quantitative estimate of drug-likeness (QED) is 0.747.